The van der Waals surface area contributed by atoms with Crippen molar-refractivity contribution in [1.82, 2.24) is 19.9 Å². The van der Waals surface area contributed by atoms with Gasteiger partial charge in [-0.05, 0) is 69.2 Å². The first-order valence-corrected chi connectivity index (χ1v) is 10.4. The van der Waals surface area contributed by atoms with Gasteiger partial charge in [0.15, 0.2) is 0 Å². The molecule has 0 amide bonds. The van der Waals surface area contributed by atoms with Crippen LogP contribution >= 0.6 is 0 Å². The van der Waals surface area contributed by atoms with E-state index < -0.39 is 0 Å². The normalized spacial score (nSPS) is 21.7. The Labute approximate surface area is 162 Å². The molecule has 5 heteroatoms. The molecule has 0 radical (unpaired) electrons. The number of aromatic nitrogens is 3. The van der Waals surface area contributed by atoms with Gasteiger partial charge >= 0.3 is 0 Å². The first-order valence-electron chi connectivity index (χ1n) is 10.4. The van der Waals surface area contributed by atoms with Gasteiger partial charge in [-0.2, -0.15) is 0 Å². The minimum Gasteiger partial charge on any atom is -0.356 e. The van der Waals surface area contributed by atoms with Crippen LogP contribution in [0.2, 0.25) is 0 Å². The van der Waals surface area contributed by atoms with E-state index in [1.807, 2.05) is 31.6 Å². The summed E-state index contributed by atoms with van der Waals surface area (Å²) in [6.07, 6.45) is 10.8. The third kappa shape index (κ3) is 4.29. The summed E-state index contributed by atoms with van der Waals surface area (Å²) >= 11 is 0. The van der Waals surface area contributed by atoms with E-state index in [0.29, 0.717) is 0 Å². The number of piperidine rings is 1. The smallest absolute Gasteiger partial charge is 0.135 e. The lowest BCUT2D eigenvalue weighted by atomic mass is 9.83. The molecule has 2 aromatic heterocycles. The van der Waals surface area contributed by atoms with Crippen molar-refractivity contribution in [3.8, 4) is 0 Å². The molecule has 4 rings (SSSR count). The molecule has 144 valence electrons. The molecule has 0 aromatic carbocycles. The van der Waals surface area contributed by atoms with Crippen molar-refractivity contribution in [3.63, 3.8) is 0 Å². The zero-order valence-corrected chi connectivity index (χ0v) is 16.6. The highest BCUT2D eigenvalue weighted by atomic mass is 15.2. The summed E-state index contributed by atoms with van der Waals surface area (Å²) in [7, 11) is 0. The Bertz CT molecular complexity index is 740. The van der Waals surface area contributed by atoms with Crippen LogP contribution in [0.4, 0.5) is 5.82 Å². The highest BCUT2D eigenvalue weighted by molar-refractivity contribution is 5.47. The van der Waals surface area contributed by atoms with Crippen molar-refractivity contribution in [2.24, 2.45) is 11.8 Å². The highest BCUT2D eigenvalue weighted by Crippen LogP contribution is 2.34. The largest absolute Gasteiger partial charge is 0.356 e. The average molecular weight is 366 g/mol. The average Bonchev–Trinajstić information content (AvgIpc) is 3.19. The summed E-state index contributed by atoms with van der Waals surface area (Å²) < 4.78 is 0. The predicted molar refractivity (Wildman–Crippen MR) is 109 cm³/mol. The Morgan fingerprint density at radius 3 is 2.63 bits per heavy atom. The van der Waals surface area contributed by atoms with E-state index in [4.69, 9.17) is 4.98 Å². The minimum absolute atomic E-state index is 0.811. The van der Waals surface area contributed by atoms with Crippen LogP contribution in [0.15, 0.2) is 30.7 Å². The summed E-state index contributed by atoms with van der Waals surface area (Å²) in [5.41, 5.74) is 2.61. The maximum atomic E-state index is 4.77. The Morgan fingerprint density at radius 2 is 1.89 bits per heavy atom. The van der Waals surface area contributed by atoms with Crippen LogP contribution < -0.4 is 4.90 Å². The van der Waals surface area contributed by atoms with Crippen molar-refractivity contribution in [3.05, 3.63) is 47.7 Å². The van der Waals surface area contributed by atoms with Crippen LogP contribution in [0.5, 0.6) is 0 Å². The number of nitrogens with zero attached hydrogens (tertiary/aromatic N) is 5. The number of anilines is 1. The van der Waals surface area contributed by atoms with Gasteiger partial charge in [-0.3, -0.25) is 9.88 Å². The van der Waals surface area contributed by atoms with Gasteiger partial charge in [0, 0.05) is 43.8 Å². The number of rotatable bonds is 5. The Hall–Kier alpha value is -2.01. The summed E-state index contributed by atoms with van der Waals surface area (Å²) in [5, 5.41) is 0. The fourth-order valence-electron chi connectivity index (χ4n) is 4.70. The molecule has 0 aliphatic carbocycles. The van der Waals surface area contributed by atoms with Gasteiger partial charge in [-0.1, -0.05) is 13.0 Å². The summed E-state index contributed by atoms with van der Waals surface area (Å²) in [6.45, 7) is 9.96. The van der Waals surface area contributed by atoms with Gasteiger partial charge in [0.1, 0.15) is 11.6 Å². The van der Waals surface area contributed by atoms with Crippen molar-refractivity contribution in [2.75, 3.05) is 31.1 Å². The second-order valence-corrected chi connectivity index (χ2v) is 8.09. The number of hydrogen-bond acceptors (Lipinski definition) is 5. The van der Waals surface area contributed by atoms with Crippen LogP contribution in [0.3, 0.4) is 0 Å². The third-order valence-electron chi connectivity index (χ3n) is 6.30. The molecular weight excluding hydrogens is 334 g/mol. The first-order chi connectivity index (χ1) is 13.2. The number of hydrogen-bond donors (Lipinski definition) is 0. The molecule has 0 N–H and O–H groups in total. The van der Waals surface area contributed by atoms with E-state index in [-0.39, 0.29) is 0 Å². The standard InChI is InChI=1S/C22H31N5/c1-3-19-14-24-17(2)25-22(19)27-12-8-21(16-27)20-6-10-26(11-7-20)15-18-5-4-9-23-13-18/h4-5,9,13-14,20-21H,3,6-8,10-12,15-16H2,1-2H3/t21-/m1/s1. The molecule has 1 atom stereocenters. The molecule has 0 spiro atoms. The van der Waals surface area contributed by atoms with Crippen LogP contribution in [0, 0.1) is 18.8 Å². The molecule has 0 saturated carbocycles. The Kier molecular flexibility index (Phi) is 5.67. The molecule has 2 aromatic rings. The molecule has 2 fully saturated rings. The first kappa shape index (κ1) is 18.4. The Morgan fingerprint density at radius 1 is 1.07 bits per heavy atom. The van der Waals surface area contributed by atoms with Crippen molar-refractivity contribution >= 4 is 5.82 Å². The molecule has 0 bridgehead atoms. The molecule has 2 aliphatic rings. The van der Waals surface area contributed by atoms with Gasteiger partial charge in [-0.25, -0.2) is 9.97 Å². The topological polar surface area (TPSA) is 45.2 Å². The van der Waals surface area contributed by atoms with E-state index in [1.54, 1.807) is 0 Å². The van der Waals surface area contributed by atoms with Crippen molar-refractivity contribution < 1.29 is 0 Å². The zero-order valence-electron chi connectivity index (χ0n) is 16.6. The fourth-order valence-corrected chi connectivity index (χ4v) is 4.70. The van der Waals surface area contributed by atoms with E-state index >= 15 is 0 Å². The highest BCUT2D eigenvalue weighted by Gasteiger charge is 2.33. The number of aryl methyl sites for hydroxylation is 2. The zero-order chi connectivity index (χ0) is 18.6. The summed E-state index contributed by atoms with van der Waals surface area (Å²) in [5.74, 6) is 3.73. The van der Waals surface area contributed by atoms with Crippen molar-refractivity contribution in [2.45, 2.75) is 46.1 Å². The summed E-state index contributed by atoms with van der Waals surface area (Å²) in [4.78, 5) is 18.5. The second-order valence-electron chi connectivity index (χ2n) is 8.09. The van der Waals surface area contributed by atoms with Crippen molar-refractivity contribution in [1.29, 1.82) is 0 Å². The minimum atomic E-state index is 0.811. The van der Waals surface area contributed by atoms with Crippen LogP contribution in [0.25, 0.3) is 0 Å². The molecular formula is C22H31N5. The molecule has 2 saturated heterocycles. The van der Waals surface area contributed by atoms with E-state index in [2.05, 4.69) is 32.8 Å². The van der Waals surface area contributed by atoms with Crippen LogP contribution in [-0.2, 0) is 13.0 Å². The van der Waals surface area contributed by atoms with Gasteiger partial charge in [0.25, 0.3) is 0 Å². The van der Waals surface area contributed by atoms with Gasteiger partial charge in [0.2, 0.25) is 0 Å². The lowest BCUT2D eigenvalue weighted by Gasteiger charge is -2.35. The maximum absolute atomic E-state index is 4.77. The van der Waals surface area contributed by atoms with Crippen LogP contribution in [0.1, 0.15) is 43.1 Å². The van der Waals surface area contributed by atoms with Gasteiger partial charge < -0.3 is 4.90 Å². The lowest BCUT2D eigenvalue weighted by Crippen LogP contribution is -2.36. The summed E-state index contributed by atoms with van der Waals surface area (Å²) in [6, 6.07) is 4.22. The molecule has 27 heavy (non-hydrogen) atoms. The van der Waals surface area contributed by atoms with E-state index in [9.17, 15) is 0 Å². The fraction of sp³-hybridized carbons (Fsp3) is 0.591. The third-order valence-corrected chi connectivity index (χ3v) is 6.30. The van der Waals surface area contributed by atoms with Gasteiger partial charge in [0.05, 0.1) is 0 Å². The number of pyridine rings is 1. The molecule has 5 nitrogen and oxygen atoms in total. The monoisotopic (exact) mass is 365 g/mol. The lowest BCUT2D eigenvalue weighted by molar-refractivity contribution is 0.147. The predicted octanol–water partition coefficient (Wildman–Crippen LogP) is 3.48. The maximum Gasteiger partial charge on any atom is 0.135 e. The van der Waals surface area contributed by atoms with E-state index in [0.717, 1.165) is 43.7 Å². The molecule has 0 unspecified atom stereocenters. The van der Waals surface area contributed by atoms with Gasteiger partial charge in [-0.15, -0.1) is 0 Å². The second kappa shape index (κ2) is 8.34. The van der Waals surface area contributed by atoms with Crippen LogP contribution in [-0.4, -0.2) is 46.0 Å². The Balaban J connectivity index is 1.32. The molecule has 4 heterocycles. The number of likely N-dealkylation sites (tertiary alicyclic amines) is 1. The molecule has 2 aliphatic heterocycles. The quantitative estimate of drug-likeness (QED) is 0.812. The van der Waals surface area contributed by atoms with E-state index in [1.165, 1.54) is 49.3 Å². The SMILES string of the molecule is CCc1cnc(C)nc1N1CC[C@@H](C2CCN(Cc3cccnc3)CC2)C1.